The highest BCUT2D eigenvalue weighted by Crippen LogP contribution is 2.39. The SMILES string of the molecule is CC(C)(C)C1CCc2nc(NC(=O)NCCn3ccnc3)sc2C1. The molecule has 2 amide bonds. The third-order valence-electron chi connectivity index (χ3n) is 4.60. The Morgan fingerprint density at radius 3 is 3.00 bits per heavy atom. The third-order valence-corrected chi connectivity index (χ3v) is 5.63. The van der Waals surface area contributed by atoms with Crippen LogP contribution < -0.4 is 10.6 Å². The summed E-state index contributed by atoms with van der Waals surface area (Å²) in [5.41, 5.74) is 1.48. The number of aryl methyl sites for hydroxylation is 1. The summed E-state index contributed by atoms with van der Waals surface area (Å²) < 4.78 is 1.93. The summed E-state index contributed by atoms with van der Waals surface area (Å²) in [6.07, 6.45) is 8.60. The Balaban J connectivity index is 1.51. The minimum absolute atomic E-state index is 0.200. The van der Waals surface area contributed by atoms with Gasteiger partial charge in [0.05, 0.1) is 12.0 Å². The van der Waals surface area contributed by atoms with Gasteiger partial charge < -0.3 is 9.88 Å². The molecule has 0 aliphatic heterocycles. The Kier molecular flexibility index (Phi) is 4.89. The molecule has 130 valence electrons. The van der Waals surface area contributed by atoms with E-state index in [0.717, 1.165) is 18.5 Å². The van der Waals surface area contributed by atoms with Crippen molar-refractivity contribution in [1.29, 1.82) is 0 Å². The van der Waals surface area contributed by atoms with E-state index in [0.29, 0.717) is 29.6 Å². The summed E-state index contributed by atoms with van der Waals surface area (Å²) in [6, 6.07) is -0.200. The molecule has 2 heterocycles. The molecule has 0 aromatic carbocycles. The van der Waals surface area contributed by atoms with Gasteiger partial charge >= 0.3 is 6.03 Å². The third kappa shape index (κ3) is 4.14. The Bertz CT molecular complexity index is 686. The fraction of sp³-hybridized carbons (Fsp3) is 0.588. The van der Waals surface area contributed by atoms with E-state index in [2.05, 4.69) is 41.4 Å². The van der Waals surface area contributed by atoms with Gasteiger partial charge in [0.25, 0.3) is 0 Å². The van der Waals surface area contributed by atoms with Gasteiger partial charge in [-0.05, 0) is 30.6 Å². The number of thiazole rings is 1. The van der Waals surface area contributed by atoms with Crippen LogP contribution in [0.25, 0.3) is 0 Å². The molecule has 2 aromatic heterocycles. The van der Waals surface area contributed by atoms with Gasteiger partial charge in [-0.25, -0.2) is 14.8 Å². The monoisotopic (exact) mass is 347 g/mol. The molecule has 0 saturated heterocycles. The van der Waals surface area contributed by atoms with E-state index in [1.54, 1.807) is 23.9 Å². The van der Waals surface area contributed by atoms with Gasteiger partial charge in [-0.1, -0.05) is 20.8 Å². The van der Waals surface area contributed by atoms with Crippen molar-refractivity contribution in [3.63, 3.8) is 0 Å². The molecule has 1 unspecified atom stereocenters. The standard InChI is InChI=1S/C17H25N5OS/c1-17(2,3)12-4-5-13-14(10-12)24-16(20-13)21-15(23)19-7-9-22-8-6-18-11-22/h6,8,11-12H,4-5,7,9-10H2,1-3H3,(H2,19,20,21,23). The number of imidazole rings is 1. The van der Waals surface area contributed by atoms with Crippen LogP contribution in [0.2, 0.25) is 0 Å². The maximum atomic E-state index is 12.0. The second-order valence-electron chi connectivity index (χ2n) is 7.38. The van der Waals surface area contributed by atoms with Gasteiger partial charge in [-0.3, -0.25) is 5.32 Å². The molecule has 6 nitrogen and oxygen atoms in total. The lowest BCUT2D eigenvalue weighted by molar-refractivity contribution is 0.217. The van der Waals surface area contributed by atoms with E-state index in [1.807, 2.05) is 10.8 Å². The van der Waals surface area contributed by atoms with Crippen LogP contribution in [0.15, 0.2) is 18.7 Å². The maximum Gasteiger partial charge on any atom is 0.321 e. The van der Waals surface area contributed by atoms with Crippen LogP contribution in [-0.4, -0.2) is 27.1 Å². The lowest BCUT2D eigenvalue weighted by Gasteiger charge is -2.33. The number of fused-ring (bicyclic) bond motifs is 1. The van der Waals surface area contributed by atoms with E-state index in [4.69, 9.17) is 0 Å². The Labute approximate surface area is 146 Å². The molecular formula is C17H25N5OS. The summed E-state index contributed by atoms with van der Waals surface area (Å²) in [4.78, 5) is 21.9. The first-order chi connectivity index (χ1) is 11.4. The molecule has 2 aromatic rings. The molecule has 0 radical (unpaired) electrons. The van der Waals surface area contributed by atoms with Crippen LogP contribution in [0, 0.1) is 11.3 Å². The van der Waals surface area contributed by atoms with Crippen LogP contribution in [0.1, 0.15) is 37.8 Å². The van der Waals surface area contributed by atoms with E-state index >= 15 is 0 Å². The number of rotatable bonds is 4. The molecular weight excluding hydrogens is 322 g/mol. The van der Waals surface area contributed by atoms with E-state index in [9.17, 15) is 4.79 Å². The fourth-order valence-electron chi connectivity index (χ4n) is 3.03. The van der Waals surface area contributed by atoms with Crippen molar-refractivity contribution in [2.75, 3.05) is 11.9 Å². The number of anilines is 1. The first-order valence-corrected chi connectivity index (χ1v) is 9.22. The number of hydrogen-bond acceptors (Lipinski definition) is 4. The minimum atomic E-state index is -0.200. The molecule has 2 N–H and O–H groups in total. The number of urea groups is 1. The van der Waals surface area contributed by atoms with Crippen molar-refractivity contribution in [2.24, 2.45) is 11.3 Å². The molecule has 1 atom stereocenters. The Morgan fingerprint density at radius 1 is 1.46 bits per heavy atom. The second-order valence-corrected chi connectivity index (χ2v) is 8.46. The van der Waals surface area contributed by atoms with Gasteiger partial charge in [0.15, 0.2) is 5.13 Å². The van der Waals surface area contributed by atoms with E-state index in [1.165, 1.54) is 11.3 Å². The molecule has 0 bridgehead atoms. The first-order valence-electron chi connectivity index (χ1n) is 8.41. The number of amides is 2. The van der Waals surface area contributed by atoms with Crippen LogP contribution in [0.4, 0.5) is 9.93 Å². The fourth-order valence-corrected chi connectivity index (χ4v) is 4.11. The second kappa shape index (κ2) is 6.93. The maximum absolute atomic E-state index is 12.0. The van der Waals surface area contributed by atoms with Crippen LogP contribution in [0.3, 0.4) is 0 Å². The van der Waals surface area contributed by atoms with Gasteiger partial charge in [-0.15, -0.1) is 11.3 Å². The zero-order chi connectivity index (χ0) is 17.2. The topological polar surface area (TPSA) is 71.8 Å². The average Bonchev–Trinajstić information content (AvgIpc) is 3.14. The number of carbonyl (C=O) groups excluding carboxylic acids is 1. The largest absolute Gasteiger partial charge is 0.336 e. The van der Waals surface area contributed by atoms with E-state index in [-0.39, 0.29) is 6.03 Å². The quantitative estimate of drug-likeness (QED) is 0.891. The summed E-state index contributed by atoms with van der Waals surface area (Å²) in [7, 11) is 0. The van der Waals surface area contributed by atoms with Crippen molar-refractivity contribution in [2.45, 2.75) is 46.6 Å². The molecule has 3 rings (SSSR count). The van der Waals surface area contributed by atoms with Crippen LogP contribution in [0.5, 0.6) is 0 Å². The van der Waals surface area contributed by atoms with Crippen molar-refractivity contribution in [1.82, 2.24) is 19.9 Å². The number of nitrogens with one attached hydrogen (secondary N) is 2. The highest BCUT2D eigenvalue weighted by Gasteiger charge is 2.30. The Hall–Kier alpha value is -1.89. The Morgan fingerprint density at radius 2 is 2.29 bits per heavy atom. The predicted octanol–water partition coefficient (Wildman–Crippen LogP) is 3.31. The first kappa shape index (κ1) is 17.0. The molecule has 0 spiro atoms. The van der Waals surface area contributed by atoms with Gasteiger partial charge in [0, 0.05) is 30.4 Å². The number of hydrogen-bond donors (Lipinski definition) is 2. The molecule has 1 aliphatic rings. The zero-order valence-corrected chi connectivity index (χ0v) is 15.3. The minimum Gasteiger partial charge on any atom is -0.336 e. The number of carbonyl (C=O) groups is 1. The van der Waals surface area contributed by atoms with E-state index < -0.39 is 0 Å². The zero-order valence-electron chi connectivity index (χ0n) is 14.5. The highest BCUT2D eigenvalue weighted by molar-refractivity contribution is 7.15. The highest BCUT2D eigenvalue weighted by atomic mass is 32.1. The van der Waals surface area contributed by atoms with Crippen molar-refractivity contribution < 1.29 is 4.79 Å². The van der Waals surface area contributed by atoms with Crippen molar-refractivity contribution in [3.05, 3.63) is 29.3 Å². The summed E-state index contributed by atoms with van der Waals surface area (Å²) >= 11 is 1.62. The summed E-state index contributed by atoms with van der Waals surface area (Å²) in [5, 5.41) is 6.42. The van der Waals surface area contributed by atoms with Gasteiger partial charge in [-0.2, -0.15) is 0 Å². The smallest absolute Gasteiger partial charge is 0.321 e. The predicted molar refractivity (Wildman–Crippen MR) is 96.3 cm³/mol. The van der Waals surface area contributed by atoms with Gasteiger partial charge in [0.2, 0.25) is 0 Å². The van der Waals surface area contributed by atoms with Crippen molar-refractivity contribution in [3.8, 4) is 0 Å². The summed E-state index contributed by atoms with van der Waals surface area (Å²) in [5.74, 6) is 0.683. The molecule has 1 aliphatic carbocycles. The normalized spacial score (nSPS) is 17.4. The van der Waals surface area contributed by atoms with Gasteiger partial charge in [0.1, 0.15) is 0 Å². The lowest BCUT2D eigenvalue weighted by atomic mass is 9.73. The molecule has 24 heavy (non-hydrogen) atoms. The van der Waals surface area contributed by atoms with Crippen molar-refractivity contribution >= 4 is 22.5 Å². The lowest BCUT2D eigenvalue weighted by Crippen LogP contribution is -2.31. The molecule has 7 heteroatoms. The number of nitrogens with zero attached hydrogens (tertiary/aromatic N) is 3. The van der Waals surface area contributed by atoms with Crippen LogP contribution in [-0.2, 0) is 19.4 Å². The molecule has 0 fully saturated rings. The number of aromatic nitrogens is 3. The van der Waals surface area contributed by atoms with Crippen LogP contribution >= 0.6 is 11.3 Å². The molecule has 0 saturated carbocycles. The summed E-state index contributed by atoms with van der Waals surface area (Å²) in [6.45, 7) is 8.16. The average molecular weight is 347 g/mol.